The predicted molar refractivity (Wildman–Crippen MR) is 90.8 cm³/mol. The number of nitrogens with zero attached hydrogens (tertiary/aromatic N) is 2. The van der Waals surface area contributed by atoms with Crippen LogP contribution in [0.1, 0.15) is 22.8 Å². The van der Waals surface area contributed by atoms with E-state index in [0.717, 1.165) is 11.6 Å². The van der Waals surface area contributed by atoms with Gasteiger partial charge < -0.3 is 4.74 Å². The van der Waals surface area contributed by atoms with Gasteiger partial charge in [0.1, 0.15) is 10.8 Å². The smallest absolute Gasteiger partial charge is 0.288 e. The van der Waals surface area contributed by atoms with Gasteiger partial charge in [0.15, 0.2) is 0 Å². The van der Waals surface area contributed by atoms with Crippen LogP contribution in [0.3, 0.4) is 0 Å². The molecule has 0 bridgehead atoms. The van der Waals surface area contributed by atoms with Gasteiger partial charge in [0, 0.05) is 11.6 Å². The third-order valence-electron chi connectivity index (χ3n) is 3.24. The first-order valence-electron chi connectivity index (χ1n) is 6.85. The summed E-state index contributed by atoms with van der Waals surface area (Å²) in [4.78, 5) is 22.3. The van der Waals surface area contributed by atoms with Crippen LogP contribution in [-0.2, 0) is 0 Å². The van der Waals surface area contributed by atoms with Gasteiger partial charge in [0.2, 0.25) is 0 Å². The molecular weight excluding hydrogens is 334 g/mol. The first kappa shape index (κ1) is 17.4. The fourth-order valence-corrected chi connectivity index (χ4v) is 2.08. The van der Waals surface area contributed by atoms with E-state index in [0.29, 0.717) is 11.5 Å². The number of rotatable bonds is 5. The monoisotopic (exact) mass is 347 g/mol. The van der Waals surface area contributed by atoms with E-state index in [1.54, 1.807) is 38.3 Å². The summed E-state index contributed by atoms with van der Waals surface area (Å²) >= 11 is 5.72. The molecule has 2 rings (SSSR count). The number of benzene rings is 2. The molecule has 0 unspecified atom stereocenters. The summed E-state index contributed by atoms with van der Waals surface area (Å²) in [5.74, 6) is 0.145. The van der Waals surface area contributed by atoms with Crippen molar-refractivity contribution in [2.24, 2.45) is 5.10 Å². The molecule has 0 saturated carbocycles. The molecule has 0 aromatic heterocycles. The van der Waals surface area contributed by atoms with E-state index < -0.39 is 10.8 Å². The molecule has 124 valence electrons. The maximum Gasteiger partial charge on any atom is 0.288 e. The van der Waals surface area contributed by atoms with Crippen molar-refractivity contribution in [3.05, 3.63) is 68.7 Å². The lowest BCUT2D eigenvalue weighted by atomic mass is 10.1. The van der Waals surface area contributed by atoms with Gasteiger partial charge in [-0.15, -0.1) is 0 Å². The Morgan fingerprint density at radius 3 is 2.42 bits per heavy atom. The van der Waals surface area contributed by atoms with Gasteiger partial charge >= 0.3 is 0 Å². The number of hydrazone groups is 1. The summed E-state index contributed by atoms with van der Waals surface area (Å²) in [6, 6.07) is 11.0. The average Bonchev–Trinajstić information content (AvgIpc) is 2.59. The summed E-state index contributed by atoms with van der Waals surface area (Å²) in [7, 11) is 1.57. The SMILES string of the molecule is COc1ccc(C(C)=NNC(=O)c2ccc(Cl)c([N+](=O)[O-])c2)cc1. The minimum Gasteiger partial charge on any atom is -0.497 e. The van der Waals surface area contributed by atoms with E-state index in [2.05, 4.69) is 10.5 Å². The first-order valence-corrected chi connectivity index (χ1v) is 7.23. The fourth-order valence-electron chi connectivity index (χ4n) is 1.89. The Morgan fingerprint density at radius 1 is 1.21 bits per heavy atom. The highest BCUT2D eigenvalue weighted by Gasteiger charge is 2.16. The normalized spacial score (nSPS) is 11.0. The van der Waals surface area contributed by atoms with Crippen LogP contribution in [0.4, 0.5) is 5.69 Å². The number of methoxy groups -OCH3 is 1. The third-order valence-corrected chi connectivity index (χ3v) is 3.56. The molecule has 8 heteroatoms. The highest BCUT2D eigenvalue weighted by atomic mass is 35.5. The number of hydrogen-bond acceptors (Lipinski definition) is 5. The molecule has 1 N–H and O–H groups in total. The quantitative estimate of drug-likeness (QED) is 0.509. The highest BCUT2D eigenvalue weighted by Crippen LogP contribution is 2.25. The van der Waals surface area contributed by atoms with Crippen LogP contribution in [0.25, 0.3) is 0 Å². The molecule has 0 aliphatic carbocycles. The maximum absolute atomic E-state index is 12.1. The number of carbonyl (C=O) groups excluding carboxylic acids is 1. The molecule has 0 aliphatic rings. The topological polar surface area (TPSA) is 93.8 Å². The van der Waals surface area contributed by atoms with E-state index in [1.807, 2.05) is 0 Å². The molecular formula is C16H14ClN3O4. The zero-order valence-corrected chi connectivity index (χ0v) is 13.7. The number of nitrogens with one attached hydrogen (secondary N) is 1. The van der Waals surface area contributed by atoms with E-state index >= 15 is 0 Å². The van der Waals surface area contributed by atoms with E-state index in [1.165, 1.54) is 12.1 Å². The summed E-state index contributed by atoms with van der Waals surface area (Å²) in [5, 5.41) is 14.8. The number of nitro groups is 1. The van der Waals surface area contributed by atoms with E-state index in [9.17, 15) is 14.9 Å². The van der Waals surface area contributed by atoms with Gasteiger partial charge in [0.05, 0.1) is 17.7 Å². The van der Waals surface area contributed by atoms with Gasteiger partial charge in [-0.05, 0) is 48.9 Å². The summed E-state index contributed by atoms with van der Waals surface area (Å²) in [6.45, 7) is 1.73. The number of halogens is 1. The number of carbonyl (C=O) groups is 1. The molecule has 0 radical (unpaired) electrons. The molecule has 0 saturated heterocycles. The van der Waals surface area contributed by atoms with E-state index in [-0.39, 0.29) is 16.3 Å². The molecule has 0 spiro atoms. The van der Waals surface area contributed by atoms with Gasteiger partial charge in [-0.2, -0.15) is 5.10 Å². The second kappa shape index (κ2) is 7.56. The molecule has 0 heterocycles. The zero-order chi connectivity index (χ0) is 17.7. The standard InChI is InChI=1S/C16H14ClN3O4/c1-10(11-3-6-13(24-2)7-4-11)18-19-16(21)12-5-8-14(17)15(9-12)20(22)23/h3-9H,1-2H3,(H,19,21). The zero-order valence-electron chi connectivity index (χ0n) is 12.9. The number of ether oxygens (including phenoxy) is 1. The Kier molecular flexibility index (Phi) is 5.49. The fraction of sp³-hybridized carbons (Fsp3) is 0.125. The minimum atomic E-state index is -0.648. The molecule has 0 atom stereocenters. The lowest BCUT2D eigenvalue weighted by Crippen LogP contribution is -2.19. The Balaban J connectivity index is 2.14. The molecule has 0 aliphatic heterocycles. The van der Waals surface area contributed by atoms with Gasteiger partial charge in [0.25, 0.3) is 11.6 Å². The maximum atomic E-state index is 12.1. The van der Waals surface area contributed by atoms with Crippen LogP contribution in [-0.4, -0.2) is 23.7 Å². The minimum absolute atomic E-state index is 0.0329. The van der Waals surface area contributed by atoms with E-state index in [4.69, 9.17) is 16.3 Å². The molecule has 2 aromatic carbocycles. The Labute approximate surface area is 143 Å². The van der Waals surface area contributed by atoms with Crippen LogP contribution < -0.4 is 10.2 Å². The predicted octanol–water partition coefficient (Wildman–Crippen LogP) is 3.41. The van der Waals surface area contributed by atoms with Crippen molar-refractivity contribution in [2.45, 2.75) is 6.92 Å². The van der Waals surface area contributed by atoms with Crippen molar-refractivity contribution >= 4 is 28.9 Å². The second-order valence-electron chi connectivity index (χ2n) is 4.79. The van der Waals surface area contributed by atoms with Crippen LogP contribution in [0.5, 0.6) is 5.75 Å². The lowest BCUT2D eigenvalue weighted by molar-refractivity contribution is -0.384. The first-order chi connectivity index (χ1) is 11.4. The number of amides is 1. The van der Waals surface area contributed by atoms with Gasteiger partial charge in [-0.25, -0.2) is 5.43 Å². The molecule has 24 heavy (non-hydrogen) atoms. The van der Waals surface area contributed by atoms with Crippen LogP contribution in [0, 0.1) is 10.1 Å². The van der Waals surface area contributed by atoms with Gasteiger partial charge in [-0.1, -0.05) is 11.6 Å². The summed E-state index contributed by atoms with van der Waals surface area (Å²) < 4.78 is 5.07. The molecule has 1 amide bonds. The Hall–Kier alpha value is -2.93. The average molecular weight is 348 g/mol. The number of hydrogen-bond donors (Lipinski definition) is 1. The second-order valence-corrected chi connectivity index (χ2v) is 5.20. The third kappa shape index (κ3) is 4.08. The van der Waals surface area contributed by atoms with Crippen molar-refractivity contribution < 1.29 is 14.5 Å². The van der Waals surface area contributed by atoms with Crippen molar-refractivity contribution in [2.75, 3.05) is 7.11 Å². The molecule has 7 nitrogen and oxygen atoms in total. The van der Waals surface area contributed by atoms with Gasteiger partial charge in [-0.3, -0.25) is 14.9 Å². The highest BCUT2D eigenvalue weighted by molar-refractivity contribution is 6.32. The Bertz CT molecular complexity index is 803. The largest absolute Gasteiger partial charge is 0.497 e. The van der Waals surface area contributed by atoms with Crippen LogP contribution >= 0.6 is 11.6 Å². The van der Waals surface area contributed by atoms with Crippen LogP contribution in [0.15, 0.2) is 47.6 Å². The van der Waals surface area contributed by atoms with Crippen molar-refractivity contribution in [1.82, 2.24) is 5.43 Å². The Morgan fingerprint density at radius 2 is 1.83 bits per heavy atom. The van der Waals surface area contributed by atoms with Crippen LogP contribution in [0.2, 0.25) is 5.02 Å². The lowest BCUT2D eigenvalue weighted by Gasteiger charge is -2.05. The molecule has 0 fully saturated rings. The van der Waals surface area contributed by atoms with Crippen molar-refractivity contribution in [1.29, 1.82) is 0 Å². The summed E-state index contributed by atoms with van der Waals surface area (Å²) in [6.07, 6.45) is 0. The summed E-state index contributed by atoms with van der Waals surface area (Å²) in [5.41, 5.74) is 3.51. The van der Waals surface area contributed by atoms with Crippen molar-refractivity contribution in [3.8, 4) is 5.75 Å². The van der Waals surface area contributed by atoms with Crippen molar-refractivity contribution in [3.63, 3.8) is 0 Å². The molecule has 2 aromatic rings. The number of nitro benzene ring substituents is 1.